The topological polar surface area (TPSA) is 150 Å². The number of anilines is 3. The molecule has 0 saturated carbocycles. The fraction of sp³-hybridized carbons (Fsp3) is 0.381. The largest absolute Gasteiger partial charge is 0.416 e. The summed E-state index contributed by atoms with van der Waals surface area (Å²) in [6.45, 7) is 0.811. The van der Waals surface area contributed by atoms with Gasteiger partial charge in [-0.05, 0) is 31.0 Å². The van der Waals surface area contributed by atoms with Crippen molar-refractivity contribution in [2.45, 2.75) is 31.4 Å². The zero-order valence-electron chi connectivity index (χ0n) is 17.7. The number of nitrogens with one attached hydrogen (secondary N) is 3. The van der Waals surface area contributed by atoms with Crippen molar-refractivity contribution >= 4 is 35.2 Å². The number of primary amides is 1. The number of alkyl halides is 3. The second kappa shape index (κ2) is 8.80. The number of carbonyl (C=O) groups excluding carboxylic acids is 3. The van der Waals surface area contributed by atoms with Gasteiger partial charge in [-0.2, -0.15) is 18.2 Å². The van der Waals surface area contributed by atoms with Crippen LogP contribution in [0.15, 0.2) is 29.1 Å². The maximum Gasteiger partial charge on any atom is 0.416 e. The number of halogens is 3. The number of fused-ring (bicyclic) bond motifs is 1. The van der Waals surface area contributed by atoms with E-state index in [1.54, 1.807) is 4.90 Å². The van der Waals surface area contributed by atoms with Gasteiger partial charge in [-0.15, -0.1) is 0 Å². The van der Waals surface area contributed by atoms with Gasteiger partial charge in [0, 0.05) is 31.1 Å². The Labute approximate surface area is 190 Å². The van der Waals surface area contributed by atoms with Crippen LogP contribution in [0.1, 0.15) is 36.3 Å². The number of amides is 3. The van der Waals surface area contributed by atoms with Crippen LogP contribution in [0.3, 0.4) is 0 Å². The van der Waals surface area contributed by atoms with Crippen molar-refractivity contribution in [3.63, 3.8) is 0 Å². The van der Waals surface area contributed by atoms with E-state index in [1.165, 1.54) is 6.07 Å². The molecule has 1 aromatic carbocycles. The monoisotopic (exact) mass is 478 g/mol. The Morgan fingerprint density at radius 1 is 1.18 bits per heavy atom. The fourth-order valence-electron chi connectivity index (χ4n) is 4.11. The van der Waals surface area contributed by atoms with Gasteiger partial charge in [0.05, 0.1) is 17.0 Å². The molecule has 1 saturated heterocycles. The molecule has 0 unspecified atom stereocenters. The normalized spacial score (nSPS) is 18.7. The van der Waals surface area contributed by atoms with E-state index in [4.69, 9.17) is 5.73 Å². The number of carbonyl (C=O) groups is 3. The first-order chi connectivity index (χ1) is 16.0. The van der Waals surface area contributed by atoms with Gasteiger partial charge < -0.3 is 21.3 Å². The number of benzene rings is 1. The number of rotatable bonds is 4. The first-order valence-corrected chi connectivity index (χ1v) is 10.5. The summed E-state index contributed by atoms with van der Waals surface area (Å²) >= 11 is 0. The lowest BCUT2D eigenvalue weighted by Crippen LogP contribution is -2.41. The minimum atomic E-state index is -4.60. The maximum absolute atomic E-state index is 13.0. The average molecular weight is 478 g/mol. The quantitative estimate of drug-likeness (QED) is 0.524. The fourth-order valence-corrected chi connectivity index (χ4v) is 4.11. The standard InChI is InChI=1S/C21H21F3N6O4/c22-21(23,24)11-2-1-3-12(8-11)26-18(33)13-9-14(31)27-17-15(13)19(34)29-20(28-17)30-6-4-10(5-7-30)16(25)32/h1-3,8,10,13H,4-7,9H2,(H2,25,32)(H,26,33)(H2,27,28,29,31,34)/t13-/m1/s1. The summed E-state index contributed by atoms with van der Waals surface area (Å²) in [7, 11) is 0. The minimum Gasteiger partial charge on any atom is -0.369 e. The molecule has 1 atom stereocenters. The molecule has 10 nitrogen and oxygen atoms in total. The van der Waals surface area contributed by atoms with Crippen LogP contribution in [0.25, 0.3) is 0 Å². The van der Waals surface area contributed by atoms with Gasteiger partial charge in [-0.25, -0.2) is 0 Å². The van der Waals surface area contributed by atoms with E-state index >= 15 is 0 Å². The molecule has 34 heavy (non-hydrogen) atoms. The van der Waals surface area contributed by atoms with E-state index in [9.17, 15) is 32.3 Å². The highest BCUT2D eigenvalue weighted by Crippen LogP contribution is 2.33. The summed E-state index contributed by atoms with van der Waals surface area (Å²) in [6, 6.07) is 4.05. The van der Waals surface area contributed by atoms with Crippen LogP contribution in [-0.2, 0) is 20.6 Å². The molecular weight excluding hydrogens is 457 g/mol. The van der Waals surface area contributed by atoms with E-state index in [2.05, 4.69) is 20.6 Å². The van der Waals surface area contributed by atoms with E-state index in [0.29, 0.717) is 25.9 Å². The van der Waals surface area contributed by atoms with Gasteiger partial charge in [-0.3, -0.25) is 24.2 Å². The third-order valence-corrected chi connectivity index (χ3v) is 5.91. The Morgan fingerprint density at radius 3 is 2.53 bits per heavy atom. The number of aromatic nitrogens is 2. The van der Waals surface area contributed by atoms with Crippen LogP contribution in [0, 0.1) is 5.92 Å². The Morgan fingerprint density at radius 2 is 1.88 bits per heavy atom. The molecule has 2 aliphatic rings. The van der Waals surface area contributed by atoms with Crippen LogP contribution in [0.5, 0.6) is 0 Å². The Kier molecular flexibility index (Phi) is 6.02. The molecule has 1 aromatic heterocycles. The van der Waals surface area contributed by atoms with Gasteiger partial charge >= 0.3 is 6.18 Å². The predicted octanol–water partition coefficient (Wildman–Crippen LogP) is 1.55. The zero-order chi connectivity index (χ0) is 24.6. The number of piperidine rings is 1. The van der Waals surface area contributed by atoms with Crippen molar-refractivity contribution in [3.05, 3.63) is 45.7 Å². The molecule has 5 N–H and O–H groups in total. The van der Waals surface area contributed by atoms with Crippen LogP contribution in [0.2, 0.25) is 0 Å². The smallest absolute Gasteiger partial charge is 0.369 e. The molecule has 0 bridgehead atoms. The minimum absolute atomic E-state index is 0.0835. The summed E-state index contributed by atoms with van der Waals surface area (Å²) in [6.07, 6.45) is -4.01. The SMILES string of the molecule is NC(=O)C1CCN(c2nc3c(c(=O)[nH]2)[C@H](C(=O)Nc2cccc(C(F)(F)F)c2)CC(=O)N3)CC1. The number of nitrogens with zero attached hydrogens (tertiary/aromatic N) is 2. The highest BCUT2D eigenvalue weighted by atomic mass is 19.4. The van der Waals surface area contributed by atoms with Crippen molar-refractivity contribution < 1.29 is 27.6 Å². The second-order valence-electron chi connectivity index (χ2n) is 8.19. The summed E-state index contributed by atoms with van der Waals surface area (Å²) in [5, 5.41) is 4.84. The molecule has 180 valence electrons. The molecule has 0 spiro atoms. The van der Waals surface area contributed by atoms with Gasteiger partial charge in [0.1, 0.15) is 5.82 Å². The molecule has 3 heterocycles. The number of nitrogens with two attached hydrogens (primary N) is 1. The summed E-state index contributed by atoms with van der Waals surface area (Å²) in [5.41, 5.74) is 3.54. The van der Waals surface area contributed by atoms with Crippen molar-refractivity contribution in [1.29, 1.82) is 0 Å². The molecule has 1 fully saturated rings. The van der Waals surface area contributed by atoms with E-state index < -0.39 is 40.9 Å². The van der Waals surface area contributed by atoms with E-state index in [0.717, 1.165) is 18.2 Å². The molecule has 0 aliphatic carbocycles. The van der Waals surface area contributed by atoms with Crippen molar-refractivity contribution in [3.8, 4) is 0 Å². The second-order valence-corrected chi connectivity index (χ2v) is 8.19. The van der Waals surface area contributed by atoms with Crippen LogP contribution >= 0.6 is 0 Å². The summed E-state index contributed by atoms with van der Waals surface area (Å²) < 4.78 is 38.9. The third-order valence-electron chi connectivity index (χ3n) is 5.91. The third kappa shape index (κ3) is 4.72. The average Bonchev–Trinajstić information content (AvgIpc) is 2.77. The van der Waals surface area contributed by atoms with Crippen molar-refractivity contribution in [1.82, 2.24) is 9.97 Å². The Bertz CT molecular complexity index is 1200. The van der Waals surface area contributed by atoms with Crippen molar-refractivity contribution in [2.75, 3.05) is 28.6 Å². The van der Waals surface area contributed by atoms with E-state index in [-0.39, 0.29) is 35.4 Å². The highest BCUT2D eigenvalue weighted by Gasteiger charge is 2.36. The van der Waals surface area contributed by atoms with Gasteiger partial charge in [0.15, 0.2) is 0 Å². The van der Waals surface area contributed by atoms with Crippen LogP contribution < -0.4 is 26.8 Å². The van der Waals surface area contributed by atoms with Crippen LogP contribution in [-0.4, -0.2) is 40.8 Å². The van der Waals surface area contributed by atoms with Gasteiger partial charge in [0.2, 0.25) is 23.7 Å². The lowest BCUT2D eigenvalue weighted by Gasteiger charge is -2.32. The van der Waals surface area contributed by atoms with E-state index in [1.807, 2.05) is 0 Å². The highest BCUT2D eigenvalue weighted by molar-refractivity contribution is 6.04. The van der Waals surface area contributed by atoms with Crippen LogP contribution in [0.4, 0.5) is 30.6 Å². The zero-order valence-corrected chi connectivity index (χ0v) is 17.7. The molecule has 2 aromatic rings. The number of hydrogen-bond donors (Lipinski definition) is 4. The summed E-state index contributed by atoms with van der Waals surface area (Å²) in [4.78, 5) is 58.0. The molecule has 0 radical (unpaired) electrons. The van der Waals surface area contributed by atoms with Gasteiger partial charge in [0.25, 0.3) is 5.56 Å². The van der Waals surface area contributed by atoms with Crippen molar-refractivity contribution in [2.24, 2.45) is 11.7 Å². The maximum atomic E-state index is 13.0. The predicted molar refractivity (Wildman–Crippen MR) is 115 cm³/mol. The molecule has 2 aliphatic heterocycles. The lowest BCUT2D eigenvalue weighted by molar-refractivity contribution is -0.137. The number of aromatic amines is 1. The molecule has 13 heteroatoms. The molecular formula is C21H21F3N6O4. The number of H-pyrrole nitrogens is 1. The molecule has 4 rings (SSSR count). The first kappa shape index (κ1) is 23.3. The first-order valence-electron chi connectivity index (χ1n) is 10.5. The Hall–Kier alpha value is -3.90. The summed E-state index contributed by atoms with van der Waals surface area (Å²) in [5.74, 6) is -3.20. The lowest BCUT2D eigenvalue weighted by atomic mass is 9.92. The Balaban J connectivity index is 1.58. The number of hydrogen-bond acceptors (Lipinski definition) is 6. The van der Waals surface area contributed by atoms with Gasteiger partial charge in [-0.1, -0.05) is 6.07 Å². The molecule has 3 amide bonds.